The molecule has 0 saturated heterocycles. The van der Waals surface area contributed by atoms with Gasteiger partial charge in [-0.2, -0.15) is 0 Å². The van der Waals surface area contributed by atoms with Gasteiger partial charge in [-0.1, -0.05) is 42.5 Å². The molecule has 2 atom stereocenters. The highest BCUT2D eigenvalue weighted by Gasteiger charge is 2.59. The van der Waals surface area contributed by atoms with Crippen LogP contribution in [0.15, 0.2) is 72.4 Å². The molecule has 31 heavy (non-hydrogen) atoms. The first-order chi connectivity index (χ1) is 15.0. The number of anilines is 1. The fourth-order valence-corrected chi connectivity index (χ4v) is 4.30. The third kappa shape index (κ3) is 2.89. The summed E-state index contributed by atoms with van der Waals surface area (Å²) in [6, 6.07) is 15.2. The summed E-state index contributed by atoms with van der Waals surface area (Å²) < 4.78 is 6.31. The minimum atomic E-state index is -1.59. The van der Waals surface area contributed by atoms with Gasteiger partial charge in [-0.3, -0.25) is 9.59 Å². The number of carbonyl (C=O) groups is 2. The summed E-state index contributed by atoms with van der Waals surface area (Å²) in [6.45, 7) is 5.59. The van der Waals surface area contributed by atoms with Crippen LogP contribution in [-0.4, -0.2) is 40.4 Å². The van der Waals surface area contributed by atoms with Crippen LogP contribution in [0.2, 0.25) is 0 Å². The van der Waals surface area contributed by atoms with E-state index in [4.69, 9.17) is 9.73 Å². The zero-order chi connectivity index (χ0) is 21.6. The van der Waals surface area contributed by atoms with Crippen LogP contribution in [0.25, 0.3) is 10.9 Å². The Bertz CT molecular complexity index is 1260. The van der Waals surface area contributed by atoms with Gasteiger partial charge in [0.25, 0.3) is 11.8 Å². The smallest absolute Gasteiger partial charge is 0.275 e. The van der Waals surface area contributed by atoms with Crippen LogP contribution < -0.4 is 10.6 Å². The van der Waals surface area contributed by atoms with E-state index in [1.54, 1.807) is 13.0 Å². The van der Waals surface area contributed by atoms with Crippen LogP contribution >= 0.6 is 0 Å². The van der Waals surface area contributed by atoms with Crippen molar-refractivity contribution in [2.24, 2.45) is 4.99 Å². The number of H-pyrrole nitrogens is 1. The molecule has 0 aliphatic carbocycles. The van der Waals surface area contributed by atoms with Crippen molar-refractivity contribution in [2.45, 2.75) is 24.7 Å². The van der Waals surface area contributed by atoms with Crippen molar-refractivity contribution in [3.05, 3.63) is 78.5 Å². The van der Waals surface area contributed by atoms with E-state index >= 15 is 0 Å². The Balaban J connectivity index is 1.66. The molecule has 7 nitrogen and oxygen atoms in total. The van der Waals surface area contributed by atoms with E-state index in [0.29, 0.717) is 11.4 Å². The van der Waals surface area contributed by atoms with Crippen molar-refractivity contribution in [3.63, 3.8) is 0 Å². The number of benzene rings is 2. The molecule has 0 saturated carbocycles. The van der Waals surface area contributed by atoms with Gasteiger partial charge in [0, 0.05) is 35.6 Å². The van der Waals surface area contributed by atoms with E-state index < -0.39 is 17.2 Å². The number of fused-ring (bicyclic) bond motifs is 4. The first-order valence-electron chi connectivity index (χ1n) is 10.1. The van der Waals surface area contributed by atoms with Crippen molar-refractivity contribution < 1.29 is 14.3 Å². The molecule has 3 heterocycles. The van der Waals surface area contributed by atoms with Crippen molar-refractivity contribution in [2.75, 3.05) is 11.9 Å². The first kappa shape index (κ1) is 19.3. The molecule has 1 aromatic heterocycles. The van der Waals surface area contributed by atoms with E-state index in [1.807, 2.05) is 54.7 Å². The summed E-state index contributed by atoms with van der Waals surface area (Å²) in [5.74, 6) is -0.756. The number of nitrogens with zero attached hydrogens (tertiary/aromatic N) is 1. The number of aromatic nitrogens is 1. The lowest BCUT2D eigenvalue weighted by Crippen LogP contribution is -2.55. The summed E-state index contributed by atoms with van der Waals surface area (Å²) >= 11 is 0. The van der Waals surface area contributed by atoms with Crippen LogP contribution in [0.5, 0.6) is 0 Å². The van der Waals surface area contributed by atoms with Crippen LogP contribution in [0.3, 0.4) is 0 Å². The number of hydrogen-bond acceptors (Lipinski definition) is 4. The van der Waals surface area contributed by atoms with E-state index in [-0.39, 0.29) is 18.9 Å². The lowest BCUT2D eigenvalue weighted by molar-refractivity contribution is -0.160. The van der Waals surface area contributed by atoms with E-state index in [0.717, 1.165) is 22.0 Å². The highest BCUT2D eigenvalue weighted by atomic mass is 16.6. The number of amides is 2. The quantitative estimate of drug-likeness (QED) is 0.560. The van der Waals surface area contributed by atoms with Crippen molar-refractivity contribution in [1.82, 2.24) is 10.3 Å². The standard InChI is InChI=1S/C24H22N4O3/c1-3-12-25-22(30)24(13-15-14-26-18-10-6-4-8-16(15)18)28-20-17-9-5-7-11-19(17)27-21(29)23(20,2)31-24/h3-11,14,26H,1,12-13H2,2H3,(H,25,30)(H,27,29)/t23-,24-/m1/s1. The van der Waals surface area contributed by atoms with Gasteiger partial charge in [-0.25, -0.2) is 4.99 Å². The van der Waals surface area contributed by atoms with E-state index in [2.05, 4.69) is 22.2 Å². The van der Waals surface area contributed by atoms with Crippen molar-refractivity contribution in [3.8, 4) is 0 Å². The molecule has 5 rings (SSSR count). The molecule has 0 spiro atoms. The molecule has 156 valence electrons. The lowest BCUT2D eigenvalue weighted by atomic mass is 9.88. The number of hydrogen-bond donors (Lipinski definition) is 3. The number of carbonyl (C=O) groups excluding carboxylic acids is 2. The molecule has 3 aromatic rings. The molecular formula is C24H22N4O3. The van der Waals surface area contributed by atoms with Crippen molar-refractivity contribution >= 4 is 34.1 Å². The zero-order valence-electron chi connectivity index (χ0n) is 17.1. The Morgan fingerprint density at radius 1 is 1.23 bits per heavy atom. The molecule has 3 N–H and O–H groups in total. The average molecular weight is 414 g/mol. The summed E-state index contributed by atoms with van der Waals surface area (Å²) in [5.41, 5.74) is 0.726. The maximum absolute atomic E-state index is 13.4. The molecule has 0 bridgehead atoms. The van der Waals surface area contributed by atoms with Crippen LogP contribution in [0.4, 0.5) is 5.69 Å². The molecule has 0 unspecified atom stereocenters. The number of para-hydroxylation sites is 2. The third-order valence-electron chi connectivity index (χ3n) is 5.85. The van der Waals surface area contributed by atoms with Gasteiger partial charge in [0.15, 0.2) is 5.60 Å². The Morgan fingerprint density at radius 2 is 2.00 bits per heavy atom. The molecule has 2 aliphatic rings. The minimum absolute atomic E-state index is 0.175. The minimum Gasteiger partial charge on any atom is -0.361 e. The van der Waals surface area contributed by atoms with Crippen LogP contribution in [0, 0.1) is 0 Å². The predicted octanol–water partition coefficient (Wildman–Crippen LogP) is 2.94. The van der Waals surface area contributed by atoms with Gasteiger partial charge in [0.2, 0.25) is 5.72 Å². The number of rotatable bonds is 5. The zero-order valence-corrected chi connectivity index (χ0v) is 17.1. The first-order valence-corrected chi connectivity index (χ1v) is 10.1. The monoisotopic (exact) mass is 414 g/mol. The summed E-state index contributed by atoms with van der Waals surface area (Å²) in [6.07, 6.45) is 3.62. The second-order valence-electron chi connectivity index (χ2n) is 7.91. The number of ether oxygens (including phenoxy) is 1. The molecule has 2 amide bonds. The summed E-state index contributed by atoms with van der Waals surface area (Å²) in [4.78, 5) is 34.4. The highest BCUT2D eigenvalue weighted by molar-refractivity contribution is 6.29. The lowest BCUT2D eigenvalue weighted by Gasteiger charge is -2.33. The average Bonchev–Trinajstić information content (AvgIpc) is 3.32. The molecule has 0 radical (unpaired) electrons. The van der Waals surface area contributed by atoms with E-state index in [9.17, 15) is 9.59 Å². The van der Waals surface area contributed by atoms with Crippen LogP contribution in [0.1, 0.15) is 18.1 Å². The Morgan fingerprint density at radius 3 is 2.84 bits per heavy atom. The fourth-order valence-electron chi connectivity index (χ4n) is 4.30. The maximum Gasteiger partial charge on any atom is 0.275 e. The molecule has 0 fully saturated rings. The Hall–Kier alpha value is -3.71. The fraction of sp³-hybridized carbons (Fsp3) is 0.208. The Labute approximate surface area is 179 Å². The number of nitrogens with one attached hydrogen (secondary N) is 3. The normalized spacial score (nSPS) is 24.2. The van der Waals surface area contributed by atoms with Gasteiger partial charge in [-0.05, 0) is 24.6 Å². The second kappa shape index (κ2) is 6.92. The highest BCUT2D eigenvalue weighted by Crippen LogP contribution is 2.42. The molecule has 2 aliphatic heterocycles. The molecular weight excluding hydrogens is 392 g/mol. The number of aromatic amines is 1. The second-order valence-corrected chi connectivity index (χ2v) is 7.91. The largest absolute Gasteiger partial charge is 0.361 e. The molecule has 2 aromatic carbocycles. The van der Waals surface area contributed by atoms with Crippen molar-refractivity contribution in [1.29, 1.82) is 0 Å². The topological polar surface area (TPSA) is 95.6 Å². The SMILES string of the molecule is C=CCNC(=O)[C@]1(Cc2c[nH]c3ccccc23)N=C2c3ccccc3NC(=O)[C@]2(C)O1. The summed E-state index contributed by atoms with van der Waals surface area (Å²) in [7, 11) is 0. The Kier molecular flexibility index (Phi) is 4.30. The summed E-state index contributed by atoms with van der Waals surface area (Å²) in [5, 5.41) is 6.67. The van der Waals surface area contributed by atoms with Gasteiger partial charge >= 0.3 is 0 Å². The van der Waals surface area contributed by atoms with E-state index in [1.165, 1.54) is 0 Å². The van der Waals surface area contributed by atoms with Gasteiger partial charge in [0.05, 0.1) is 11.4 Å². The predicted molar refractivity (Wildman–Crippen MR) is 119 cm³/mol. The third-order valence-corrected chi connectivity index (χ3v) is 5.85. The molecule has 7 heteroatoms. The maximum atomic E-state index is 13.4. The number of aliphatic imine (C=N–C) groups is 1. The van der Waals surface area contributed by atoms with Gasteiger partial charge < -0.3 is 20.4 Å². The van der Waals surface area contributed by atoms with Crippen LogP contribution in [-0.2, 0) is 20.7 Å². The van der Waals surface area contributed by atoms with Gasteiger partial charge in [-0.15, -0.1) is 6.58 Å². The van der Waals surface area contributed by atoms with Gasteiger partial charge in [0.1, 0.15) is 0 Å².